The number of carboxylic acid groups (broad SMARTS) is 1. The molecule has 1 heterocycles. The van der Waals surface area contributed by atoms with Gasteiger partial charge in [-0.15, -0.1) is 0 Å². The molecule has 9 heteroatoms. The van der Waals surface area contributed by atoms with Crippen LogP contribution in [0.4, 0.5) is 0 Å². The number of halogens is 2. The molecule has 1 N–H and O–H groups in total. The van der Waals surface area contributed by atoms with E-state index in [0.29, 0.717) is 10.0 Å². The van der Waals surface area contributed by atoms with Gasteiger partial charge < -0.3 is 10.0 Å². The second kappa shape index (κ2) is 10.5. The molecular weight excluding hydrogens is 545 g/mol. The van der Waals surface area contributed by atoms with Crippen molar-refractivity contribution in [1.82, 2.24) is 4.90 Å². The van der Waals surface area contributed by atoms with Crippen LogP contribution in [0.15, 0.2) is 48.5 Å². The first-order chi connectivity index (χ1) is 17.6. The van der Waals surface area contributed by atoms with Gasteiger partial charge in [0, 0.05) is 22.0 Å². The maximum atomic E-state index is 14.4. The smallest absolute Gasteiger partial charge is 0.304 e. The van der Waals surface area contributed by atoms with E-state index in [0.717, 1.165) is 24.0 Å². The molecule has 1 amide bonds. The van der Waals surface area contributed by atoms with Crippen LogP contribution in [0, 0.1) is 11.3 Å². The van der Waals surface area contributed by atoms with Crippen LogP contribution in [0.3, 0.4) is 0 Å². The minimum Gasteiger partial charge on any atom is -0.481 e. The van der Waals surface area contributed by atoms with Crippen LogP contribution in [0.2, 0.25) is 10.0 Å². The molecule has 206 valence electrons. The molecule has 0 aromatic heterocycles. The Hall–Kier alpha value is -2.09. The highest BCUT2D eigenvalue weighted by atomic mass is 35.5. The predicted octanol–water partition coefficient (Wildman–Crippen LogP) is 6.52. The summed E-state index contributed by atoms with van der Waals surface area (Å²) in [5, 5.41) is 10.9. The summed E-state index contributed by atoms with van der Waals surface area (Å²) in [7, 11) is -3.59. The van der Waals surface area contributed by atoms with Crippen molar-refractivity contribution >= 4 is 44.9 Å². The van der Waals surface area contributed by atoms with E-state index in [-0.39, 0.29) is 36.3 Å². The number of rotatable bonds is 8. The topological polar surface area (TPSA) is 91.8 Å². The van der Waals surface area contributed by atoms with Gasteiger partial charge in [-0.05, 0) is 81.3 Å². The molecule has 2 aromatic rings. The average Bonchev–Trinajstić information content (AvgIpc) is 3.64. The highest BCUT2D eigenvalue weighted by molar-refractivity contribution is 7.92. The van der Waals surface area contributed by atoms with Gasteiger partial charge in [0.1, 0.15) is 0 Å². The van der Waals surface area contributed by atoms with Crippen molar-refractivity contribution in [2.45, 2.75) is 76.1 Å². The molecule has 1 saturated heterocycles. The Morgan fingerprint density at radius 1 is 1.08 bits per heavy atom. The zero-order valence-corrected chi connectivity index (χ0v) is 24.5. The molecule has 1 aliphatic carbocycles. The maximum absolute atomic E-state index is 14.4. The quantitative estimate of drug-likeness (QED) is 0.384. The van der Waals surface area contributed by atoms with Crippen molar-refractivity contribution in [2.75, 3.05) is 5.75 Å². The third-order valence-electron chi connectivity index (χ3n) is 7.98. The number of piperidine rings is 1. The van der Waals surface area contributed by atoms with Crippen LogP contribution < -0.4 is 0 Å². The van der Waals surface area contributed by atoms with E-state index in [4.69, 9.17) is 23.2 Å². The number of carboxylic acids is 1. The monoisotopic (exact) mass is 579 g/mol. The van der Waals surface area contributed by atoms with Gasteiger partial charge in [-0.2, -0.15) is 0 Å². The van der Waals surface area contributed by atoms with Crippen molar-refractivity contribution in [3.05, 3.63) is 69.7 Å². The lowest BCUT2D eigenvalue weighted by atomic mass is 9.67. The van der Waals surface area contributed by atoms with Crippen molar-refractivity contribution in [3.63, 3.8) is 0 Å². The van der Waals surface area contributed by atoms with Crippen molar-refractivity contribution in [3.8, 4) is 0 Å². The zero-order chi connectivity index (χ0) is 28.0. The third-order valence-corrected chi connectivity index (χ3v) is 11.1. The Bertz CT molecular complexity index is 1320. The summed E-state index contributed by atoms with van der Waals surface area (Å²) in [6, 6.07) is 13.6. The summed E-state index contributed by atoms with van der Waals surface area (Å²) in [5.41, 5.74) is 0.476. The summed E-state index contributed by atoms with van der Waals surface area (Å²) in [6.07, 6.45) is 1.57. The standard InChI is InChI=1S/C29H35Cl2NO5S/c1-28(2,3)38(36,37)17-24(18-8-9-18)32-26(19-10-12-21(30)13-11-19)23(20-6-5-7-22(31)14-20)15-29(4,27(32)35)16-25(33)34/h5-7,10-14,18,23-24,26H,8-9,15-17H2,1-4H3,(H,33,34)/t23-,24-,26-,29+/m1/s1. The number of carbonyl (C=O) groups is 2. The highest BCUT2D eigenvalue weighted by Gasteiger charge is 2.55. The number of carbonyl (C=O) groups excluding carboxylic acids is 1. The molecule has 2 aromatic carbocycles. The molecule has 2 fully saturated rings. The number of sulfone groups is 1. The molecule has 4 rings (SSSR count). The number of hydrogen-bond acceptors (Lipinski definition) is 4. The summed E-state index contributed by atoms with van der Waals surface area (Å²) in [6.45, 7) is 6.70. The van der Waals surface area contributed by atoms with Gasteiger partial charge >= 0.3 is 5.97 Å². The summed E-state index contributed by atoms with van der Waals surface area (Å²) in [4.78, 5) is 28.1. The van der Waals surface area contributed by atoms with E-state index in [2.05, 4.69) is 0 Å². The first kappa shape index (κ1) is 28.9. The van der Waals surface area contributed by atoms with E-state index in [9.17, 15) is 23.1 Å². The number of benzene rings is 2. The van der Waals surface area contributed by atoms with Gasteiger partial charge in [0.2, 0.25) is 5.91 Å². The van der Waals surface area contributed by atoms with E-state index >= 15 is 0 Å². The predicted molar refractivity (Wildman–Crippen MR) is 150 cm³/mol. The van der Waals surface area contributed by atoms with Gasteiger partial charge in [0.05, 0.1) is 28.4 Å². The van der Waals surface area contributed by atoms with Gasteiger partial charge in [-0.3, -0.25) is 9.59 Å². The fraction of sp³-hybridized carbons (Fsp3) is 0.517. The van der Waals surface area contributed by atoms with Crippen LogP contribution >= 0.6 is 23.2 Å². The van der Waals surface area contributed by atoms with Crippen LogP contribution in [-0.4, -0.2) is 46.8 Å². The van der Waals surface area contributed by atoms with Gasteiger partial charge in [0.25, 0.3) is 0 Å². The molecule has 4 atom stereocenters. The second-order valence-electron chi connectivity index (χ2n) is 12.0. The van der Waals surface area contributed by atoms with Crippen molar-refractivity contribution < 1.29 is 23.1 Å². The third kappa shape index (κ3) is 5.90. The second-order valence-corrected chi connectivity index (χ2v) is 15.7. The fourth-order valence-electron chi connectivity index (χ4n) is 5.64. The van der Waals surface area contributed by atoms with Crippen LogP contribution in [0.25, 0.3) is 0 Å². The van der Waals surface area contributed by atoms with E-state index < -0.39 is 38.1 Å². The molecule has 0 radical (unpaired) electrons. The average molecular weight is 581 g/mol. The Labute approximate surface area is 235 Å². The van der Waals surface area contributed by atoms with Crippen LogP contribution in [0.1, 0.15) is 76.5 Å². The van der Waals surface area contributed by atoms with Gasteiger partial charge in [-0.25, -0.2) is 8.42 Å². The number of amides is 1. The van der Waals surface area contributed by atoms with Crippen LogP contribution in [0.5, 0.6) is 0 Å². The molecule has 0 bridgehead atoms. The number of nitrogens with zero attached hydrogens (tertiary/aromatic N) is 1. The Morgan fingerprint density at radius 3 is 2.24 bits per heavy atom. The number of aliphatic carboxylic acids is 1. The SMILES string of the molecule is CC(C)(C)S(=O)(=O)C[C@H](C1CC1)N1C(=O)[C@](C)(CC(=O)O)C[C@H](c2cccc(Cl)c2)[C@H]1c1ccc(Cl)cc1. The first-order valence-electron chi connectivity index (χ1n) is 12.9. The molecule has 0 spiro atoms. The van der Waals surface area contributed by atoms with Crippen LogP contribution in [-0.2, 0) is 19.4 Å². The number of likely N-dealkylation sites (tertiary alicyclic amines) is 1. The molecular formula is C29H35Cl2NO5S. The van der Waals surface area contributed by atoms with Gasteiger partial charge in [0.15, 0.2) is 9.84 Å². The summed E-state index contributed by atoms with van der Waals surface area (Å²) in [5.74, 6) is -1.85. The molecule has 0 unspecified atom stereocenters. The summed E-state index contributed by atoms with van der Waals surface area (Å²) < 4.78 is 26.0. The Morgan fingerprint density at radius 2 is 1.71 bits per heavy atom. The maximum Gasteiger partial charge on any atom is 0.304 e. The van der Waals surface area contributed by atoms with E-state index in [1.54, 1.807) is 50.8 Å². The first-order valence-corrected chi connectivity index (χ1v) is 15.3. The molecule has 1 saturated carbocycles. The highest BCUT2D eigenvalue weighted by Crippen LogP contribution is 2.54. The lowest BCUT2D eigenvalue weighted by Crippen LogP contribution is -2.58. The normalized spacial score (nSPS) is 25.3. The van der Waals surface area contributed by atoms with Crippen molar-refractivity contribution in [1.29, 1.82) is 0 Å². The Kier molecular flexibility index (Phi) is 7.97. The molecule has 2 aliphatic rings. The Balaban J connectivity index is 1.94. The molecule has 38 heavy (non-hydrogen) atoms. The lowest BCUT2D eigenvalue weighted by Gasteiger charge is -2.52. The fourth-order valence-corrected chi connectivity index (χ4v) is 7.35. The molecule has 1 aliphatic heterocycles. The number of hydrogen-bond donors (Lipinski definition) is 1. The largest absolute Gasteiger partial charge is 0.481 e. The van der Waals surface area contributed by atoms with E-state index in [1.807, 2.05) is 30.3 Å². The molecule has 6 nitrogen and oxygen atoms in total. The minimum atomic E-state index is -3.59. The lowest BCUT2D eigenvalue weighted by molar-refractivity contribution is -0.160. The summed E-state index contributed by atoms with van der Waals surface area (Å²) >= 11 is 12.6. The zero-order valence-electron chi connectivity index (χ0n) is 22.2. The van der Waals surface area contributed by atoms with E-state index in [1.165, 1.54) is 0 Å². The van der Waals surface area contributed by atoms with Crippen molar-refractivity contribution in [2.24, 2.45) is 11.3 Å². The minimum absolute atomic E-state index is 0.0260. The van der Waals surface area contributed by atoms with Gasteiger partial charge in [-0.1, -0.05) is 54.4 Å².